The summed E-state index contributed by atoms with van der Waals surface area (Å²) in [6.45, 7) is 10.7. The zero-order valence-electron chi connectivity index (χ0n) is 13.7. The Morgan fingerprint density at radius 3 is 2.29 bits per heavy atom. The highest BCUT2D eigenvalue weighted by Gasteiger charge is 2.17. The van der Waals surface area contributed by atoms with Crippen LogP contribution in [0.3, 0.4) is 0 Å². The Hall–Kier alpha value is -1.24. The molecule has 0 aliphatic carbocycles. The topological polar surface area (TPSA) is 72.0 Å². The maximum absolute atomic E-state index is 5.53. The summed E-state index contributed by atoms with van der Waals surface area (Å²) in [5, 5.41) is 6.44. The molecular weight excluding hydrogens is 286 g/mol. The third kappa shape index (κ3) is 6.84. The molecule has 0 atom stereocenters. The summed E-state index contributed by atoms with van der Waals surface area (Å²) < 4.78 is 5.65. The molecule has 0 unspecified atom stereocenters. The predicted molar refractivity (Wildman–Crippen MR) is 90.5 cm³/mol. The number of ether oxygens (including phenoxy) is 1. The Balaban J connectivity index is 2.79. The van der Waals surface area contributed by atoms with E-state index < -0.39 is 0 Å². The Morgan fingerprint density at radius 2 is 1.71 bits per heavy atom. The Bertz CT molecular complexity index is 402. The summed E-state index contributed by atoms with van der Waals surface area (Å²) in [5.41, 5.74) is 0. The minimum Gasteiger partial charge on any atom is -0.463 e. The summed E-state index contributed by atoms with van der Waals surface area (Å²) in [6.07, 6.45) is 4.03. The highest BCUT2D eigenvalue weighted by atomic mass is 32.2. The average Bonchev–Trinajstić information content (AvgIpc) is 2.49. The molecule has 1 rings (SSSR count). The number of hydrogen-bond donors (Lipinski definition) is 2. The first-order valence-corrected chi connectivity index (χ1v) is 8.65. The van der Waals surface area contributed by atoms with Crippen LogP contribution in [0.2, 0.25) is 0 Å². The predicted octanol–water partition coefficient (Wildman–Crippen LogP) is 3.04. The van der Waals surface area contributed by atoms with Crippen molar-refractivity contribution in [3.05, 3.63) is 0 Å². The number of rotatable bonds is 10. The Labute approximate surface area is 131 Å². The lowest BCUT2D eigenvalue weighted by molar-refractivity contribution is 0.292. The Kier molecular flexibility index (Phi) is 7.56. The zero-order valence-corrected chi connectivity index (χ0v) is 14.5. The largest absolute Gasteiger partial charge is 0.463 e. The first kappa shape index (κ1) is 17.8. The van der Waals surface area contributed by atoms with Crippen LogP contribution in [0.4, 0.5) is 11.9 Å². The summed E-state index contributed by atoms with van der Waals surface area (Å²) >= 11 is 1.80. The van der Waals surface area contributed by atoms with Crippen molar-refractivity contribution < 1.29 is 4.74 Å². The summed E-state index contributed by atoms with van der Waals surface area (Å²) in [7, 11) is 0. The number of nitrogens with zero attached hydrogens (tertiary/aromatic N) is 3. The minimum atomic E-state index is 0.119. The second-order valence-electron chi connectivity index (χ2n) is 5.36. The molecule has 0 aromatic carbocycles. The quantitative estimate of drug-likeness (QED) is 0.688. The van der Waals surface area contributed by atoms with Gasteiger partial charge in [-0.1, -0.05) is 13.8 Å². The molecule has 0 fully saturated rings. The lowest BCUT2D eigenvalue weighted by Gasteiger charge is -2.22. The average molecular weight is 313 g/mol. The smallest absolute Gasteiger partial charge is 0.323 e. The molecule has 1 aromatic rings. The van der Waals surface area contributed by atoms with E-state index in [0.29, 0.717) is 24.5 Å². The summed E-state index contributed by atoms with van der Waals surface area (Å²) in [5.74, 6) is 1.11. The molecule has 0 saturated heterocycles. The fraction of sp³-hybridized carbons (Fsp3) is 0.786. The summed E-state index contributed by atoms with van der Waals surface area (Å²) in [6, 6.07) is 0.370. The lowest BCUT2D eigenvalue weighted by Crippen LogP contribution is -2.27. The third-order valence-electron chi connectivity index (χ3n) is 2.81. The van der Waals surface area contributed by atoms with Gasteiger partial charge in [-0.25, -0.2) is 0 Å². The van der Waals surface area contributed by atoms with Crippen molar-refractivity contribution in [2.45, 2.75) is 45.3 Å². The maximum Gasteiger partial charge on any atom is 0.323 e. The normalized spacial score (nSPS) is 11.3. The molecule has 21 heavy (non-hydrogen) atoms. The molecule has 1 heterocycles. The molecule has 6 nitrogen and oxygen atoms in total. The van der Waals surface area contributed by atoms with Gasteiger partial charge in [0.1, 0.15) is 0 Å². The highest BCUT2D eigenvalue weighted by Crippen LogP contribution is 2.21. The maximum atomic E-state index is 5.53. The molecule has 1 aromatic heterocycles. The molecule has 0 bridgehead atoms. The highest BCUT2D eigenvalue weighted by molar-refractivity contribution is 7.99. The van der Waals surface area contributed by atoms with Crippen LogP contribution in [0.5, 0.6) is 6.01 Å². The van der Waals surface area contributed by atoms with Gasteiger partial charge >= 0.3 is 6.01 Å². The molecule has 2 N–H and O–H groups in total. The van der Waals surface area contributed by atoms with E-state index in [9.17, 15) is 0 Å². The number of aromatic nitrogens is 3. The van der Waals surface area contributed by atoms with Crippen LogP contribution in [-0.2, 0) is 0 Å². The van der Waals surface area contributed by atoms with Gasteiger partial charge in [-0.2, -0.15) is 26.7 Å². The third-order valence-corrected chi connectivity index (χ3v) is 4.06. The zero-order chi connectivity index (χ0) is 15.7. The van der Waals surface area contributed by atoms with Gasteiger partial charge in [0.05, 0.1) is 6.61 Å². The van der Waals surface area contributed by atoms with Crippen LogP contribution < -0.4 is 15.4 Å². The van der Waals surface area contributed by atoms with Crippen LogP contribution in [0.1, 0.15) is 40.5 Å². The molecule has 0 saturated carbocycles. The first-order chi connectivity index (χ1) is 10.0. The fourth-order valence-corrected chi connectivity index (χ4v) is 1.59. The van der Waals surface area contributed by atoms with E-state index >= 15 is 0 Å². The van der Waals surface area contributed by atoms with E-state index in [1.807, 2.05) is 0 Å². The van der Waals surface area contributed by atoms with Gasteiger partial charge in [0.15, 0.2) is 0 Å². The van der Waals surface area contributed by atoms with E-state index in [-0.39, 0.29) is 4.75 Å². The molecular formula is C14H27N5OS. The van der Waals surface area contributed by atoms with Gasteiger partial charge in [0, 0.05) is 17.8 Å². The van der Waals surface area contributed by atoms with Gasteiger partial charge in [-0.05, 0) is 32.9 Å². The second kappa shape index (κ2) is 8.92. The van der Waals surface area contributed by atoms with Crippen molar-refractivity contribution in [3.8, 4) is 6.01 Å². The number of anilines is 2. The number of thioether (sulfide) groups is 1. The van der Waals surface area contributed by atoms with Gasteiger partial charge in [-0.15, -0.1) is 0 Å². The first-order valence-electron chi connectivity index (χ1n) is 7.42. The monoisotopic (exact) mass is 313 g/mol. The van der Waals surface area contributed by atoms with Crippen LogP contribution in [0.15, 0.2) is 0 Å². The lowest BCUT2D eigenvalue weighted by atomic mass is 10.2. The molecule has 0 aliphatic heterocycles. The standard InChI is InChI=1S/C14H27N5OS/c1-6-8-15-11-17-12(16-10-14(3,4)21-5)19-13(18-11)20-9-7-2/h6-10H2,1-5H3,(H2,15,16,17,18,19). The van der Waals surface area contributed by atoms with E-state index in [1.165, 1.54) is 0 Å². The second-order valence-corrected chi connectivity index (χ2v) is 6.87. The van der Waals surface area contributed by atoms with E-state index in [4.69, 9.17) is 4.74 Å². The van der Waals surface area contributed by atoms with Crippen LogP contribution in [-0.4, -0.2) is 45.7 Å². The minimum absolute atomic E-state index is 0.119. The van der Waals surface area contributed by atoms with Gasteiger partial charge < -0.3 is 15.4 Å². The SMILES string of the molecule is CCCNc1nc(NCC(C)(C)SC)nc(OCCC)n1. The molecule has 0 aliphatic rings. The van der Waals surface area contributed by atoms with Crippen molar-refractivity contribution in [1.29, 1.82) is 0 Å². The van der Waals surface area contributed by atoms with Crippen LogP contribution in [0, 0.1) is 0 Å². The number of hydrogen-bond acceptors (Lipinski definition) is 7. The van der Waals surface area contributed by atoms with Crippen molar-refractivity contribution in [1.82, 2.24) is 15.0 Å². The van der Waals surface area contributed by atoms with Crippen molar-refractivity contribution in [2.24, 2.45) is 0 Å². The fourth-order valence-electron chi connectivity index (χ4n) is 1.37. The molecule has 0 radical (unpaired) electrons. The van der Waals surface area contributed by atoms with Crippen LogP contribution >= 0.6 is 11.8 Å². The molecule has 0 spiro atoms. The van der Waals surface area contributed by atoms with Crippen molar-refractivity contribution in [2.75, 3.05) is 36.6 Å². The van der Waals surface area contributed by atoms with E-state index in [1.54, 1.807) is 11.8 Å². The van der Waals surface area contributed by atoms with Crippen molar-refractivity contribution in [3.63, 3.8) is 0 Å². The molecule has 0 amide bonds. The van der Waals surface area contributed by atoms with Gasteiger partial charge in [-0.3, -0.25) is 0 Å². The molecule has 7 heteroatoms. The van der Waals surface area contributed by atoms with Crippen molar-refractivity contribution >= 4 is 23.7 Å². The van der Waals surface area contributed by atoms with Gasteiger partial charge in [0.25, 0.3) is 0 Å². The van der Waals surface area contributed by atoms with E-state index in [0.717, 1.165) is 25.9 Å². The van der Waals surface area contributed by atoms with Crippen LogP contribution in [0.25, 0.3) is 0 Å². The molecule has 120 valence electrons. The van der Waals surface area contributed by atoms with E-state index in [2.05, 4.69) is 59.5 Å². The number of nitrogens with one attached hydrogen (secondary N) is 2. The van der Waals surface area contributed by atoms with Gasteiger partial charge in [0.2, 0.25) is 11.9 Å². The Morgan fingerprint density at radius 1 is 1.05 bits per heavy atom. The summed E-state index contributed by atoms with van der Waals surface area (Å²) in [4.78, 5) is 13.0.